The SMILES string of the molecule is Cc1ccccc1OCC(=O)NCc1ncc[nH]1. The van der Waals surface area contributed by atoms with E-state index in [-0.39, 0.29) is 12.5 Å². The summed E-state index contributed by atoms with van der Waals surface area (Å²) in [7, 11) is 0. The van der Waals surface area contributed by atoms with E-state index in [2.05, 4.69) is 15.3 Å². The van der Waals surface area contributed by atoms with Crippen molar-refractivity contribution >= 4 is 5.91 Å². The standard InChI is InChI=1S/C13H15N3O2/c1-10-4-2-3-5-11(10)18-9-13(17)16-8-12-14-6-7-15-12/h2-7H,8-9H2,1H3,(H,14,15)(H,16,17). The van der Waals surface area contributed by atoms with Crippen LogP contribution >= 0.6 is 0 Å². The van der Waals surface area contributed by atoms with E-state index in [4.69, 9.17) is 4.74 Å². The molecule has 0 saturated heterocycles. The minimum absolute atomic E-state index is 0.00552. The first kappa shape index (κ1) is 12.2. The second-order valence-electron chi connectivity index (χ2n) is 3.87. The normalized spacial score (nSPS) is 10.1. The highest BCUT2D eigenvalue weighted by molar-refractivity contribution is 5.77. The zero-order chi connectivity index (χ0) is 12.8. The fraction of sp³-hybridized carbons (Fsp3) is 0.231. The van der Waals surface area contributed by atoms with Crippen LogP contribution in [0.4, 0.5) is 0 Å². The fourth-order valence-electron chi connectivity index (χ4n) is 1.49. The Hall–Kier alpha value is -2.30. The van der Waals surface area contributed by atoms with Crippen LogP contribution in [0.2, 0.25) is 0 Å². The average Bonchev–Trinajstić information content (AvgIpc) is 2.88. The number of hydrogen-bond donors (Lipinski definition) is 2. The first-order valence-corrected chi connectivity index (χ1v) is 5.69. The molecule has 1 amide bonds. The van der Waals surface area contributed by atoms with Crippen LogP contribution in [0.1, 0.15) is 11.4 Å². The molecule has 94 valence electrons. The lowest BCUT2D eigenvalue weighted by molar-refractivity contribution is -0.123. The molecule has 0 aliphatic rings. The zero-order valence-electron chi connectivity index (χ0n) is 10.1. The molecule has 2 aromatic rings. The van der Waals surface area contributed by atoms with Crippen molar-refractivity contribution in [2.45, 2.75) is 13.5 Å². The Labute approximate surface area is 105 Å². The van der Waals surface area contributed by atoms with Crippen LogP contribution in [0.3, 0.4) is 0 Å². The third-order valence-electron chi connectivity index (χ3n) is 2.46. The highest BCUT2D eigenvalue weighted by Gasteiger charge is 2.04. The molecule has 2 rings (SSSR count). The van der Waals surface area contributed by atoms with Crippen LogP contribution in [0, 0.1) is 6.92 Å². The maximum atomic E-state index is 11.5. The monoisotopic (exact) mass is 245 g/mol. The highest BCUT2D eigenvalue weighted by Crippen LogP contribution is 2.15. The number of aryl methyl sites for hydroxylation is 1. The van der Waals surface area contributed by atoms with Gasteiger partial charge < -0.3 is 15.0 Å². The number of aromatic amines is 1. The summed E-state index contributed by atoms with van der Waals surface area (Å²) in [6.45, 7) is 2.32. The van der Waals surface area contributed by atoms with Gasteiger partial charge in [0.05, 0.1) is 6.54 Å². The van der Waals surface area contributed by atoms with Crippen molar-refractivity contribution in [2.75, 3.05) is 6.61 Å². The van der Waals surface area contributed by atoms with Crippen molar-refractivity contribution in [3.63, 3.8) is 0 Å². The largest absolute Gasteiger partial charge is 0.484 e. The number of carbonyl (C=O) groups is 1. The first-order chi connectivity index (χ1) is 8.75. The predicted molar refractivity (Wildman–Crippen MR) is 67.1 cm³/mol. The molecule has 5 heteroatoms. The quantitative estimate of drug-likeness (QED) is 0.837. The molecule has 0 atom stereocenters. The lowest BCUT2D eigenvalue weighted by Gasteiger charge is -2.08. The average molecular weight is 245 g/mol. The second-order valence-corrected chi connectivity index (χ2v) is 3.87. The van der Waals surface area contributed by atoms with Crippen molar-refractivity contribution in [3.05, 3.63) is 48.0 Å². The van der Waals surface area contributed by atoms with Crippen LogP contribution in [0.25, 0.3) is 0 Å². The summed E-state index contributed by atoms with van der Waals surface area (Å²) < 4.78 is 5.43. The van der Waals surface area contributed by atoms with Gasteiger partial charge >= 0.3 is 0 Å². The maximum absolute atomic E-state index is 11.5. The predicted octanol–water partition coefficient (Wildman–Crippen LogP) is 1.41. The molecule has 1 aromatic carbocycles. The molecule has 0 unspecified atom stereocenters. The van der Waals surface area contributed by atoms with Gasteiger partial charge in [-0.3, -0.25) is 4.79 Å². The molecule has 2 N–H and O–H groups in total. The summed E-state index contributed by atoms with van der Waals surface area (Å²) in [6.07, 6.45) is 3.36. The molecule has 0 fully saturated rings. The number of ether oxygens (including phenoxy) is 1. The molecular weight excluding hydrogens is 230 g/mol. The molecule has 1 heterocycles. The van der Waals surface area contributed by atoms with Crippen LogP contribution in [0.15, 0.2) is 36.7 Å². The van der Waals surface area contributed by atoms with E-state index in [1.165, 1.54) is 0 Å². The number of nitrogens with zero attached hydrogens (tertiary/aromatic N) is 1. The van der Waals surface area contributed by atoms with Gasteiger partial charge in [0.2, 0.25) is 0 Å². The van der Waals surface area contributed by atoms with Crippen molar-refractivity contribution in [1.29, 1.82) is 0 Å². The third-order valence-corrected chi connectivity index (χ3v) is 2.46. The van der Waals surface area contributed by atoms with Crippen LogP contribution in [-0.4, -0.2) is 22.5 Å². The second kappa shape index (κ2) is 5.86. The van der Waals surface area contributed by atoms with Crippen LogP contribution in [0.5, 0.6) is 5.75 Å². The molecule has 0 spiro atoms. The third kappa shape index (κ3) is 3.35. The van der Waals surface area contributed by atoms with Gasteiger partial charge in [-0.1, -0.05) is 18.2 Å². The van der Waals surface area contributed by atoms with Crippen molar-refractivity contribution in [1.82, 2.24) is 15.3 Å². The number of hydrogen-bond acceptors (Lipinski definition) is 3. The summed E-state index contributed by atoms with van der Waals surface area (Å²) in [5.41, 5.74) is 1.01. The van der Waals surface area contributed by atoms with Crippen molar-refractivity contribution in [3.8, 4) is 5.75 Å². The molecule has 0 aliphatic carbocycles. The minimum atomic E-state index is -0.172. The van der Waals surface area contributed by atoms with Crippen LogP contribution in [-0.2, 0) is 11.3 Å². The Morgan fingerprint density at radius 2 is 2.28 bits per heavy atom. The number of imidazole rings is 1. The lowest BCUT2D eigenvalue weighted by atomic mass is 10.2. The smallest absolute Gasteiger partial charge is 0.258 e. The fourth-order valence-corrected chi connectivity index (χ4v) is 1.49. The zero-order valence-corrected chi connectivity index (χ0v) is 10.1. The van der Waals surface area contributed by atoms with Gasteiger partial charge in [0.1, 0.15) is 11.6 Å². The summed E-state index contributed by atoms with van der Waals surface area (Å²) in [4.78, 5) is 18.5. The van der Waals surface area contributed by atoms with Gasteiger partial charge in [-0.25, -0.2) is 4.98 Å². The van der Waals surface area contributed by atoms with E-state index in [0.29, 0.717) is 6.54 Å². The number of benzene rings is 1. The summed E-state index contributed by atoms with van der Waals surface area (Å²) in [5.74, 6) is 1.28. The molecule has 0 saturated carbocycles. The van der Waals surface area contributed by atoms with Crippen molar-refractivity contribution in [2.24, 2.45) is 0 Å². The molecule has 0 bridgehead atoms. The molecule has 1 aromatic heterocycles. The summed E-state index contributed by atoms with van der Waals surface area (Å²) in [5, 5.41) is 2.72. The van der Waals surface area contributed by atoms with Gasteiger partial charge in [0.25, 0.3) is 5.91 Å². The highest BCUT2D eigenvalue weighted by atomic mass is 16.5. The first-order valence-electron chi connectivity index (χ1n) is 5.69. The number of carbonyl (C=O) groups excluding carboxylic acids is 1. The Balaban J connectivity index is 1.77. The van der Waals surface area contributed by atoms with Crippen molar-refractivity contribution < 1.29 is 9.53 Å². The number of rotatable bonds is 5. The van der Waals surface area contributed by atoms with Gasteiger partial charge in [-0.05, 0) is 18.6 Å². The Morgan fingerprint density at radius 3 is 3.00 bits per heavy atom. The van der Waals surface area contributed by atoms with Gasteiger partial charge in [-0.2, -0.15) is 0 Å². The van der Waals surface area contributed by atoms with E-state index in [0.717, 1.165) is 17.1 Å². The summed E-state index contributed by atoms with van der Waals surface area (Å²) >= 11 is 0. The van der Waals surface area contributed by atoms with E-state index in [9.17, 15) is 4.79 Å². The van der Waals surface area contributed by atoms with Crippen LogP contribution < -0.4 is 10.1 Å². The van der Waals surface area contributed by atoms with Gasteiger partial charge in [-0.15, -0.1) is 0 Å². The number of amides is 1. The minimum Gasteiger partial charge on any atom is -0.484 e. The van der Waals surface area contributed by atoms with E-state index in [1.54, 1.807) is 12.4 Å². The summed E-state index contributed by atoms with van der Waals surface area (Å²) in [6, 6.07) is 7.59. The number of nitrogens with one attached hydrogen (secondary N) is 2. The molecule has 0 radical (unpaired) electrons. The number of H-pyrrole nitrogens is 1. The van der Waals surface area contributed by atoms with E-state index in [1.807, 2.05) is 31.2 Å². The molecule has 0 aliphatic heterocycles. The molecule has 18 heavy (non-hydrogen) atoms. The molecule has 5 nitrogen and oxygen atoms in total. The number of para-hydroxylation sites is 1. The van der Waals surface area contributed by atoms with E-state index >= 15 is 0 Å². The Morgan fingerprint density at radius 1 is 1.44 bits per heavy atom. The topological polar surface area (TPSA) is 67.0 Å². The van der Waals surface area contributed by atoms with Gasteiger partial charge in [0, 0.05) is 12.4 Å². The Kier molecular flexibility index (Phi) is 3.96. The van der Waals surface area contributed by atoms with E-state index < -0.39 is 0 Å². The van der Waals surface area contributed by atoms with Gasteiger partial charge in [0.15, 0.2) is 6.61 Å². The Bertz CT molecular complexity index is 509. The maximum Gasteiger partial charge on any atom is 0.258 e. The molecular formula is C13H15N3O2. The number of aromatic nitrogens is 2. The lowest BCUT2D eigenvalue weighted by Crippen LogP contribution is -2.28.